The molecule has 0 aliphatic heterocycles. The predicted molar refractivity (Wildman–Crippen MR) is 369 cm³/mol. The van der Waals surface area contributed by atoms with Crippen molar-refractivity contribution in [1.82, 2.24) is 5.32 Å². The highest BCUT2D eigenvalue weighted by Gasteiger charge is 2.28. The first-order valence-corrected chi connectivity index (χ1v) is 38.2. The fourth-order valence-corrected chi connectivity index (χ4v) is 11.7. The van der Waals surface area contributed by atoms with Crippen molar-refractivity contribution in [2.45, 2.75) is 373 Å². The molecular formula is C75H144N2O6P+. The van der Waals surface area contributed by atoms with Crippen LogP contribution in [-0.4, -0.2) is 73.4 Å². The zero-order chi connectivity index (χ0) is 61.2. The first-order chi connectivity index (χ1) is 41.0. The van der Waals surface area contributed by atoms with Crippen molar-refractivity contribution in [3.8, 4) is 0 Å². The SMILES string of the molecule is CCCCCCC/C=C\C/C=C\CCCCCCCCCCCCCCCCCCCCCCCCCCCCCC(=O)NC(COP(=O)(O)OCC[N+](C)(C)C)C(O)/C=C/CC/C=C/CC/C=C/CCCCCCCCCCCCCCC. The Morgan fingerprint density at radius 2 is 0.690 bits per heavy atom. The van der Waals surface area contributed by atoms with Gasteiger partial charge in [0.15, 0.2) is 0 Å². The van der Waals surface area contributed by atoms with Crippen LogP contribution in [0.2, 0.25) is 0 Å². The molecule has 0 aromatic rings. The van der Waals surface area contributed by atoms with Gasteiger partial charge in [0.1, 0.15) is 13.2 Å². The van der Waals surface area contributed by atoms with Gasteiger partial charge in [0.25, 0.3) is 0 Å². The number of amides is 1. The maximum Gasteiger partial charge on any atom is 0.472 e. The molecule has 8 nitrogen and oxygen atoms in total. The summed E-state index contributed by atoms with van der Waals surface area (Å²) < 4.78 is 23.8. The Labute approximate surface area is 523 Å². The van der Waals surface area contributed by atoms with Crippen molar-refractivity contribution in [3.05, 3.63) is 60.8 Å². The lowest BCUT2D eigenvalue weighted by atomic mass is 10.0. The summed E-state index contributed by atoms with van der Waals surface area (Å²) in [6.07, 6.45) is 91.1. The van der Waals surface area contributed by atoms with Crippen molar-refractivity contribution >= 4 is 13.7 Å². The average Bonchev–Trinajstić information content (AvgIpc) is 3.56. The number of aliphatic hydroxyl groups is 1. The number of rotatable bonds is 68. The number of likely N-dealkylation sites (N-methyl/N-ethyl adjacent to an activating group) is 1. The number of phosphoric acid groups is 1. The van der Waals surface area contributed by atoms with Crippen molar-refractivity contribution in [2.75, 3.05) is 40.9 Å². The van der Waals surface area contributed by atoms with Gasteiger partial charge in [0.05, 0.1) is 39.9 Å². The molecule has 0 rings (SSSR count). The first kappa shape index (κ1) is 82.2. The molecule has 494 valence electrons. The zero-order valence-electron chi connectivity index (χ0n) is 56.7. The van der Waals surface area contributed by atoms with Crippen molar-refractivity contribution in [1.29, 1.82) is 0 Å². The van der Waals surface area contributed by atoms with Gasteiger partial charge in [0.2, 0.25) is 5.91 Å². The van der Waals surface area contributed by atoms with Crippen LogP contribution in [0.15, 0.2) is 60.8 Å². The normalized spacial score (nSPS) is 13.9. The Hall–Kier alpha value is -1.80. The van der Waals surface area contributed by atoms with Gasteiger partial charge in [-0.15, -0.1) is 0 Å². The number of carbonyl (C=O) groups excluding carboxylic acids is 1. The molecule has 3 atom stereocenters. The standard InChI is InChI=1S/C75H143N2O6P/c1-6-8-10-12-14-16-18-20-22-24-26-28-30-31-32-33-34-35-36-37-38-39-40-41-42-43-44-45-47-49-51-53-55-57-59-61-63-65-67-69-75(79)76-73(72-83-84(80,81)82-71-70-77(3,4)5)74(78)68-66-64-62-60-58-56-54-52-50-48-46-29-27-25-23-21-19-17-15-13-11-9-7-2/h18,20,24,26,50,52,58,60,66,68,73-74,78H,6-17,19,21-23,25,27-49,51,53-57,59,61-65,67,69-72H2,1-5H3,(H-,76,79,80,81)/p+1/b20-18-,26-24-,52-50+,60-58+,68-66+. The fraction of sp³-hybridized carbons (Fsp3) is 0.853. The molecule has 0 aliphatic rings. The minimum atomic E-state index is -4.37. The largest absolute Gasteiger partial charge is 0.472 e. The topological polar surface area (TPSA) is 105 Å². The number of phosphoric ester groups is 1. The average molecular weight is 1200 g/mol. The van der Waals surface area contributed by atoms with E-state index in [-0.39, 0.29) is 19.1 Å². The molecule has 0 bridgehead atoms. The number of quaternary nitrogens is 1. The Morgan fingerprint density at radius 1 is 0.405 bits per heavy atom. The second-order valence-corrected chi connectivity index (χ2v) is 27.8. The Bertz CT molecular complexity index is 1550. The van der Waals surface area contributed by atoms with Gasteiger partial charge >= 0.3 is 7.82 Å². The van der Waals surface area contributed by atoms with E-state index >= 15 is 0 Å². The Morgan fingerprint density at radius 3 is 1.02 bits per heavy atom. The lowest BCUT2D eigenvalue weighted by molar-refractivity contribution is -0.870. The summed E-state index contributed by atoms with van der Waals surface area (Å²) in [5, 5.41) is 14.0. The first-order valence-electron chi connectivity index (χ1n) is 36.7. The van der Waals surface area contributed by atoms with Crippen LogP contribution >= 0.6 is 7.82 Å². The monoisotopic (exact) mass is 1200 g/mol. The van der Waals surface area contributed by atoms with E-state index in [2.05, 4.69) is 67.8 Å². The number of nitrogens with zero attached hydrogens (tertiary/aromatic N) is 1. The molecule has 0 aromatic carbocycles. The van der Waals surface area contributed by atoms with Crippen LogP contribution in [0.1, 0.15) is 361 Å². The molecule has 84 heavy (non-hydrogen) atoms. The molecule has 0 radical (unpaired) electrons. The number of carbonyl (C=O) groups is 1. The van der Waals surface area contributed by atoms with Crippen molar-refractivity contribution in [2.24, 2.45) is 0 Å². The number of nitrogens with one attached hydrogen (secondary N) is 1. The number of hydrogen-bond donors (Lipinski definition) is 3. The van der Waals surface area contributed by atoms with Crippen LogP contribution < -0.4 is 5.32 Å². The van der Waals surface area contributed by atoms with Gasteiger partial charge < -0.3 is 19.8 Å². The molecule has 0 aromatic heterocycles. The smallest absolute Gasteiger partial charge is 0.387 e. The maximum absolute atomic E-state index is 13.1. The molecule has 0 spiro atoms. The third kappa shape index (κ3) is 67.7. The van der Waals surface area contributed by atoms with Crippen LogP contribution in [0.25, 0.3) is 0 Å². The summed E-state index contributed by atoms with van der Waals surface area (Å²) in [7, 11) is 1.56. The highest BCUT2D eigenvalue weighted by molar-refractivity contribution is 7.47. The molecular weight excluding hydrogens is 1060 g/mol. The third-order valence-corrected chi connectivity index (χ3v) is 17.7. The van der Waals surface area contributed by atoms with E-state index in [1.54, 1.807) is 6.08 Å². The number of hydrogen-bond acceptors (Lipinski definition) is 5. The summed E-state index contributed by atoms with van der Waals surface area (Å²) in [6.45, 7) is 4.82. The second kappa shape index (κ2) is 65.6. The van der Waals surface area contributed by atoms with Gasteiger partial charge in [-0.1, -0.05) is 338 Å². The molecule has 0 aliphatic carbocycles. The molecule has 0 heterocycles. The van der Waals surface area contributed by atoms with E-state index in [1.165, 1.54) is 289 Å². The van der Waals surface area contributed by atoms with Crippen LogP contribution in [-0.2, 0) is 18.4 Å². The molecule has 9 heteroatoms. The van der Waals surface area contributed by atoms with Crippen LogP contribution in [0.3, 0.4) is 0 Å². The van der Waals surface area contributed by atoms with Crippen molar-refractivity contribution in [3.63, 3.8) is 0 Å². The maximum atomic E-state index is 13.1. The second-order valence-electron chi connectivity index (χ2n) is 26.3. The van der Waals surface area contributed by atoms with E-state index in [0.717, 1.165) is 51.4 Å². The summed E-state index contributed by atoms with van der Waals surface area (Å²) in [5.41, 5.74) is 0. The van der Waals surface area contributed by atoms with E-state index < -0.39 is 20.0 Å². The predicted octanol–water partition coefficient (Wildman–Crippen LogP) is 23.6. The van der Waals surface area contributed by atoms with E-state index in [4.69, 9.17) is 9.05 Å². The molecule has 0 fully saturated rings. The lowest BCUT2D eigenvalue weighted by Gasteiger charge is -2.25. The number of unbranched alkanes of at least 4 members (excludes halogenated alkanes) is 47. The molecule has 3 N–H and O–H groups in total. The zero-order valence-corrected chi connectivity index (χ0v) is 57.5. The van der Waals surface area contributed by atoms with Gasteiger partial charge in [-0.2, -0.15) is 0 Å². The lowest BCUT2D eigenvalue weighted by Crippen LogP contribution is -2.45. The summed E-state index contributed by atoms with van der Waals surface area (Å²) in [6, 6.07) is -0.871. The third-order valence-electron chi connectivity index (χ3n) is 16.7. The van der Waals surface area contributed by atoms with Crippen LogP contribution in [0.4, 0.5) is 0 Å². The Kier molecular flexibility index (Phi) is 64.2. The summed E-state index contributed by atoms with van der Waals surface area (Å²) in [5.74, 6) is -0.185. The molecule has 0 saturated heterocycles. The van der Waals surface area contributed by atoms with E-state index in [1.807, 2.05) is 27.2 Å². The summed E-state index contributed by atoms with van der Waals surface area (Å²) in [4.78, 5) is 23.4. The van der Waals surface area contributed by atoms with Gasteiger partial charge in [-0.25, -0.2) is 4.57 Å². The number of allylic oxidation sites excluding steroid dienone is 9. The van der Waals surface area contributed by atoms with Crippen LogP contribution in [0, 0.1) is 0 Å². The highest BCUT2D eigenvalue weighted by Crippen LogP contribution is 2.43. The quantitative estimate of drug-likeness (QED) is 0.0243. The molecule has 0 saturated carbocycles. The van der Waals surface area contributed by atoms with Gasteiger partial charge in [0, 0.05) is 6.42 Å². The Balaban J connectivity index is 3.98. The molecule has 1 amide bonds. The summed E-state index contributed by atoms with van der Waals surface area (Å²) >= 11 is 0. The van der Waals surface area contributed by atoms with Crippen LogP contribution in [0.5, 0.6) is 0 Å². The number of aliphatic hydroxyl groups excluding tert-OH is 1. The van der Waals surface area contributed by atoms with Crippen molar-refractivity contribution < 1.29 is 32.9 Å². The van der Waals surface area contributed by atoms with E-state index in [0.29, 0.717) is 17.4 Å². The van der Waals surface area contributed by atoms with E-state index in [9.17, 15) is 19.4 Å². The van der Waals surface area contributed by atoms with Gasteiger partial charge in [-0.05, 0) is 77.0 Å². The minimum Gasteiger partial charge on any atom is -0.387 e. The fourth-order valence-electron chi connectivity index (χ4n) is 11.0. The molecule has 3 unspecified atom stereocenters. The van der Waals surface area contributed by atoms with Gasteiger partial charge in [-0.3, -0.25) is 13.8 Å². The highest BCUT2D eigenvalue weighted by atomic mass is 31.2. The minimum absolute atomic E-state index is 0.0542.